The van der Waals surface area contributed by atoms with Crippen molar-refractivity contribution in [1.82, 2.24) is 15.1 Å². The van der Waals surface area contributed by atoms with Crippen molar-refractivity contribution in [2.45, 2.75) is 44.0 Å². The fraction of sp³-hybridized carbons (Fsp3) is 0.923. The van der Waals surface area contributed by atoms with Gasteiger partial charge in [-0.3, -0.25) is 4.90 Å². The molecule has 0 aromatic heterocycles. The van der Waals surface area contributed by atoms with Gasteiger partial charge in [0.25, 0.3) is 0 Å². The summed E-state index contributed by atoms with van der Waals surface area (Å²) in [4.78, 5) is 15.1. The van der Waals surface area contributed by atoms with Crippen LogP contribution in [0.1, 0.15) is 26.2 Å². The van der Waals surface area contributed by atoms with Crippen LogP contribution in [0.3, 0.4) is 0 Å². The van der Waals surface area contributed by atoms with Crippen LogP contribution in [0.15, 0.2) is 0 Å². The molecule has 2 amide bonds. The van der Waals surface area contributed by atoms with Crippen LogP contribution >= 0.6 is 0 Å². The van der Waals surface area contributed by atoms with Gasteiger partial charge in [0.2, 0.25) is 0 Å². The maximum absolute atomic E-state index is 12.7. The Morgan fingerprint density at radius 3 is 2.43 bits per heavy atom. The van der Waals surface area contributed by atoms with Gasteiger partial charge in [0.05, 0.1) is 0 Å². The molecule has 0 radical (unpaired) electrons. The van der Waals surface area contributed by atoms with E-state index in [0.29, 0.717) is 39.0 Å². The van der Waals surface area contributed by atoms with Crippen molar-refractivity contribution >= 4 is 6.03 Å². The van der Waals surface area contributed by atoms with Gasteiger partial charge in [0, 0.05) is 38.8 Å². The van der Waals surface area contributed by atoms with E-state index >= 15 is 0 Å². The van der Waals surface area contributed by atoms with Crippen LogP contribution in [0, 0.1) is 0 Å². The quantitative estimate of drug-likeness (QED) is 0.823. The molecule has 1 atom stereocenters. The number of alkyl halides is 3. The number of hydrogen-bond donors (Lipinski definition) is 2. The third kappa shape index (κ3) is 3.79. The first-order valence-corrected chi connectivity index (χ1v) is 7.26. The molecule has 0 aromatic carbocycles. The Morgan fingerprint density at radius 1 is 1.29 bits per heavy atom. The molecule has 1 unspecified atom stereocenters. The number of hydrogen-bond acceptors (Lipinski definition) is 3. The van der Waals surface area contributed by atoms with E-state index in [1.165, 1.54) is 0 Å². The molecular formula is C13H22F3N3O2. The molecule has 5 nitrogen and oxygen atoms in total. The molecule has 2 aliphatic rings. The molecule has 0 bridgehead atoms. The Kier molecular flexibility index (Phi) is 4.67. The molecule has 0 aromatic rings. The second kappa shape index (κ2) is 6.00. The highest BCUT2D eigenvalue weighted by Crippen LogP contribution is 2.31. The summed E-state index contributed by atoms with van der Waals surface area (Å²) >= 11 is 0. The third-order valence-electron chi connectivity index (χ3n) is 4.25. The fourth-order valence-electron chi connectivity index (χ4n) is 2.91. The van der Waals surface area contributed by atoms with Crippen molar-refractivity contribution in [2.24, 2.45) is 0 Å². The fourth-order valence-corrected chi connectivity index (χ4v) is 2.91. The summed E-state index contributed by atoms with van der Waals surface area (Å²) in [5.41, 5.74) is -2.69. The lowest BCUT2D eigenvalue weighted by Gasteiger charge is -2.42. The van der Waals surface area contributed by atoms with Gasteiger partial charge in [0.15, 0.2) is 5.60 Å². The number of nitrogens with zero attached hydrogens (tertiary/aromatic N) is 2. The lowest BCUT2D eigenvalue weighted by molar-refractivity contribution is -0.258. The van der Waals surface area contributed by atoms with Crippen LogP contribution in [-0.4, -0.2) is 71.5 Å². The number of rotatable bonds is 3. The third-order valence-corrected chi connectivity index (χ3v) is 4.25. The van der Waals surface area contributed by atoms with Crippen LogP contribution in [0.25, 0.3) is 0 Å². The molecule has 0 spiro atoms. The van der Waals surface area contributed by atoms with E-state index in [-0.39, 0.29) is 12.1 Å². The van der Waals surface area contributed by atoms with Crippen molar-refractivity contribution < 1.29 is 23.1 Å². The minimum Gasteiger partial charge on any atom is -0.380 e. The van der Waals surface area contributed by atoms with Crippen molar-refractivity contribution in [3.05, 3.63) is 0 Å². The number of nitrogens with one attached hydrogen (secondary N) is 1. The lowest BCUT2D eigenvalue weighted by Crippen LogP contribution is -2.57. The van der Waals surface area contributed by atoms with Gasteiger partial charge >= 0.3 is 12.2 Å². The smallest absolute Gasteiger partial charge is 0.380 e. The molecule has 122 valence electrons. The molecule has 2 N–H and O–H groups in total. The number of carbonyl (C=O) groups is 1. The lowest BCUT2D eigenvalue weighted by atomic mass is 9.99. The summed E-state index contributed by atoms with van der Waals surface area (Å²) in [5, 5.41) is 12.3. The number of piperidine rings is 1. The summed E-state index contributed by atoms with van der Waals surface area (Å²) in [5.74, 6) is 0. The predicted octanol–water partition coefficient (Wildman–Crippen LogP) is 1.18. The van der Waals surface area contributed by atoms with Crippen LogP contribution < -0.4 is 5.32 Å². The van der Waals surface area contributed by atoms with E-state index in [0.717, 1.165) is 13.3 Å². The van der Waals surface area contributed by atoms with Crippen LogP contribution in [0.5, 0.6) is 0 Å². The molecule has 2 rings (SSSR count). The molecule has 2 saturated heterocycles. The van der Waals surface area contributed by atoms with Crippen LogP contribution in [0.2, 0.25) is 0 Å². The Balaban J connectivity index is 1.84. The first kappa shape index (κ1) is 16.4. The summed E-state index contributed by atoms with van der Waals surface area (Å²) < 4.78 is 38.0. The van der Waals surface area contributed by atoms with Gasteiger partial charge in [-0.1, -0.05) is 0 Å². The summed E-state index contributed by atoms with van der Waals surface area (Å²) in [6.45, 7) is 2.69. The average Bonchev–Trinajstić information content (AvgIpc) is 2.39. The van der Waals surface area contributed by atoms with E-state index in [9.17, 15) is 23.1 Å². The average molecular weight is 309 g/mol. The first-order chi connectivity index (χ1) is 9.71. The maximum Gasteiger partial charge on any atom is 0.418 e. The van der Waals surface area contributed by atoms with Gasteiger partial charge in [0.1, 0.15) is 0 Å². The standard InChI is InChI=1S/C13H22F3N3O2/c1-12(21,13(14,15)16)9-18-7-3-10(4-8-18)19-6-2-5-17-11(19)20/h10,21H,2-9H2,1H3,(H,17,20). The van der Waals surface area contributed by atoms with Gasteiger partial charge in [-0.15, -0.1) is 0 Å². The Hall–Kier alpha value is -1.02. The molecule has 8 heteroatoms. The molecule has 0 saturated carbocycles. The Labute approximate surface area is 122 Å². The zero-order valence-electron chi connectivity index (χ0n) is 12.1. The molecule has 0 aliphatic carbocycles. The monoisotopic (exact) mass is 309 g/mol. The predicted molar refractivity (Wildman–Crippen MR) is 70.9 cm³/mol. The number of amides is 2. The number of aliphatic hydroxyl groups is 1. The highest BCUT2D eigenvalue weighted by Gasteiger charge is 2.50. The van der Waals surface area contributed by atoms with Crippen LogP contribution in [-0.2, 0) is 0 Å². The van der Waals surface area contributed by atoms with Crippen molar-refractivity contribution in [3.8, 4) is 0 Å². The Morgan fingerprint density at radius 2 is 1.90 bits per heavy atom. The number of halogens is 3. The van der Waals surface area contributed by atoms with E-state index in [2.05, 4.69) is 5.32 Å². The maximum atomic E-state index is 12.7. The number of β-amino-alcohol motifs (C(OH)–C–C–N with tert-alkyl or cyclic N) is 1. The molecule has 2 fully saturated rings. The SMILES string of the molecule is CC(O)(CN1CCC(N2CCCNC2=O)CC1)C(F)(F)F. The molecule has 2 heterocycles. The highest BCUT2D eigenvalue weighted by atomic mass is 19.4. The molecular weight excluding hydrogens is 287 g/mol. The topological polar surface area (TPSA) is 55.8 Å². The molecule has 2 aliphatic heterocycles. The van der Waals surface area contributed by atoms with E-state index in [4.69, 9.17) is 0 Å². The zero-order chi connectivity index (χ0) is 15.7. The summed E-state index contributed by atoms with van der Waals surface area (Å²) in [6.07, 6.45) is -2.45. The second-order valence-electron chi connectivity index (χ2n) is 6.06. The van der Waals surface area contributed by atoms with Crippen molar-refractivity contribution in [1.29, 1.82) is 0 Å². The Bertz CT molecular complexity index is 379. The normalized spacial score (nSPS) is 25.6. The highest BCUT2D eigenvalue weighted by molar-refractivity contribution is 5.75. The van der Waals surface area contributed by atoms with Gasteiger partial charge in [-0.25, -0.2) is 4.79 Å². The number of carbonyl (C=O) groups excluding carboxylic acids is 1. The van der Waals surface area contributed by atoms with Crippen LogP contribution in [0.4, 0.5) is 18.0 Å². The zero-order valence-corrected chi connectivity index (χ0v) is 12.1. The summed E-state index contributed by atoms with van der Waals surface area (Å²) in [7, 11) is 0. The van der Waals surface area contributed by atoms with Gasteiger partial charge < -0.3 is 15.3 Å². The first-order valence-electron chi connectivity index (χ1n) is 7.26. The van der Waals surface area contributed by atoms with E-state index in [1.54, 1.807) is 9.80 Å². The number of urea groups is 1. The minimum absolute atomic E-state index is 0.0809. The number of likely N-dealkylation sites (tertiary alicyclic amines) is 1. The molecule has 21 heavy (non-hydrogen) atoms. The minimum atomic E-state index is -4.63. The van der Waals surface area contributed by atoms with E-state index < -0.39 is 18.3 Å². The van der Waals surface area contributed by atoms with Gasteiger partial charge in [-0.05, 0) is 26.2 Å². The van der Waals surface area contributed by atoms with Crippen molar-refractivity contribution in [2.75, 3.05) is 32.7 Å². The van der Waals surface area contributed by atoms with E-state index in [1.807, 2.05) is 0 Å². The summed E-state index contributed by atoms with van der Waals surface area (Å²) in [6, 6.07) is -0.000580. The van der Waals surface area contributed by atoms with Gasteiger partial charge in [-0.2, -0.15) is 13.2 Å². The van der Waals surface area contributed by atoms with Crippen molar-refractivity contribution in [3.63, 3.8) is 0 Å². The second-order valence-corrected chi connectivity index (χ2v) is 6.06. The largest absolute Gasteiger partial charge is 0.418 e.